The Morgan fingerprint density at radius 2 is 2.00 bits per heavy atom. The highest BCUT2D eigenvalue weighted by Crippen LogP contribution is 2.28. The van der Waals surface area contributed by atoms with E-state index >= 15 is 0 Å². The zero-order valence-corrected chi connectivity index (χ0v) is 11.8. The zero-order valence-electron chi connectivity index (χ0n) is 11.1. The van der Waals surface area contributed by atoms with Crippen LogP contribution in [0.5, 0.6) is 0 Å². The lowest BCUT2D eigenvalue weighted by Gasteiger charge is -2.10. The number of nitrogens with zero attached hydrogens (tertiary/aromatic N) is 2. The normalized spacial score (nSPS) is 11.3. The predicted molar refractivity (Wildman–Crippen MR) is 76.1 cm³/mol. The first-order chi connectivity index (χ1) is 8.77. The molecule has 2 aromatic rings. The standard InChI is InChI=1S/C14H20ClN3/c1-3-5-6-7-8-11-10(4-2)12(15)9-13-14(11)17-18-16-13/h9H,3-8H2,1-2H3,(H,16,17,18). The molecule has 0 aliphatic carbocycles. The lowest BCUT2D eigenvalue weighted by atomic mass is 9.97. The van der Waals surface area contributed by atoms with Crippen molar-refractivity contribution in [1.82, 2.24) is 15.4 Å². The second kappa shape index (κ2) is 6.19. The molecule has 4 heteroatoms. The van der Waals surface area contributed by atoms with E-state index in [0.29, 0.717) is 0 Å². The number of nitrogens with one attached hydrogen (secondary N) is 1. The van der Waals surface area contributed by atoms with Crippen LogP contribution in [0.25, 0.3) is 11.0 Å². The van der Waals surface area contributed by atoms with Gasteiger partial charge in [-0.05, 0) is 36.5 Å². The predicted octanol–water partition coefficient (Wildman–Crippen LogP) is 4.30. The summed E-state index contributed by atoms with van der Waals surface area (Å²) in [6, 6.07) is 1.94. The van der Waals surface area contributed by atoms with Gasteiger partial charge in [-0.3, -0.25) is 5.10 Å². The van der Waals surface area contributed by atoms with Gasteiger partial charge in [-0.15, -0.1) is 5.10 Å². The smallest absolute Gasteiger partial charge is 0.116 e. The van der Waals surface area contributed by atoms with Gasteiger partial charge in [0.25, 0.3) is 0 Å². The minimum absolute atomic E-state index is 0.835. The number of hydrogen-bond donors (Lipinski definition) is 1. The second-order valence-electron chi connectivity index (χ2n) is 4.69. The lowest BCUT2D eigenvalue weighted by molar-refractivity contribution is 0.666. The third kappa shape index (κ3) is 2.66. The summed E-state index contributed by atoms with van der Waals surface area (Å²) in [5.74, 6) is 0. The van der Waals surface area contributed by atoms with Crippen molar-refractivity contribution in [3.8, 4) is 0 Å². The van der Waals surface area contributed by atoms with Gasteiger partial charge in [0.2, 0.25) is 0 Å². The molecule has 2 rings (SSSR count). The summed E-state index contributed by atoms with van der Waals surface area (Å²) in [6.07, 6.45) is 7.02. The third-order valence-electron chi connectivity index (χ3n) is 3.42. The van der Waals surface area contributed by atoms with E-state index in [-0.39, 0.29) is 0 Å². The van der Waals surface area contributed by atoms with E-state index in [2.05, 4.69) is 29.3 Å². The van der Waals surface area contributed by atoms with Crippen LogP contribution < -0.4 is 0 Å². The molecule has 0 spiro atoms. The van der Waals surface area contributed by atoms with Gasteiger partial charge in [0.15, 0.2) is 0 Å². The van der Waals surface area contributed by atoms with Crippen molar-refractivity contribution in [2.45, 2.75) is 52.4 Å². The molecule has 0 aliphatic rings. The number of aromatic amines is 1. The maximum Gasteiger partial charge on any atom is 0.116 e. The Morgan fingerprint density at radius 1 is 1.17 bits per heavy atom. The first-order valence-corrected chi connectivity index (χ1v) is 7.16. The van der Waals surface area contributed by atoms with Gasteiger partial charge < -0.3 is 0 Å². The molecule has 18 heavy (non-hydrogen) atoms. The minimum atomic E-state index is 0.835. The van der Waals surface area contributed by atoms with Crippen molar-refractivity contribution in [1.29, 1.82) is 0 Å². The molecule has 0 atom stereocenters. The SMILES string of the molecule is CCCCCCc1c(CC)c(Cl)cc2[nH]nnc12. The number of aromatic nitrogens is 3. The van der Waals surface area contributed by atoms with Gasteiger partial charge in [0.05, 0.1) is 5.52 Å². The third-order valence-corrected chi connectivity index (χ3v) is 3.76. The molecule has 1 aromatic heterocycles. The summed E-state index contributed by atoms with van der Waals surface area (Å²) in [5.41, 5.74) is 4.45. The number of aryl methyl sites for hydroxylation is 1. The van der Waals surface area contributed by atoms with Crippen LogP contribution in [0.15, 0.2) is 6.07 Å². The summed E-state index contributed by atoms with van der Waals surface area (Å²) in [6.45, 7) is 4.37. The van der Waals surface area contributed by atoms with E-state index in [1.54, 1.807) is 0 Å². The molecular weight excluding hydrogens is 246 g/mol. The van der Waals surface area contributed by atoms with Crippen LogP contribution in [0.2, 0.25) is 5.02 Å². The Morgan fingerprint density at radius 3 is 2.72 bits per heavy atom. The number of unbranched alkanes of at least 4 members (excludes halogenated alkanes) is 3. The minimum Gasteiger partial charge on any atom is -0.257 e. The number of hydrogen-bond acceptors (Lipinski definition) is 2. The van der Waals surface area contributed by atoms with Gasteiger partial charge in [0, 0.05) is 5.02 Å². The lowest BCUT2D eigenvalue weighted by Crippen LogP contribution is -1.97. The molecule has 3 nitrogen and oxygen atoms in total. The average molecular weight is 266 g/mol. The number of rotatable bonds is 6. The summed E-state index contributed by atoms with van der Waals surface area (Å²) in [4.78, 5) is 0. The van der Waals surface area contributed by atoms with Crippen LogP contribution in [-0.2, 0) is 12.8 Å². The van der Waals surface area contributed by atoms with Gasteiger partial charge in [-0.1, -0.05) is 49.9 Å². The van der Waals surface area contributed by atoms with Crippen molar-refractivity contribution in [3.05, 3.63) is 22.2 Å². The fourth-order valence-electron chi connectivity index (χ4n) is 2.44. The molecule has 1 aromatic carbocycles. The maximum absolute atomic E-state index is 6.33. The molecule has 0 bridgehead atoms. The Labute approximate surface area is 113 Å². The molecule has 0 amide bonds. The Bertz CT molecular complexity index is 519. The topological polar surface area (TPSA) is 41.6 Å². The number of halogens is 1. The molecule has 0 saturated carbocycles. The molecule has 1 heterocycles. The van der Waals surface area contributed by atoms with Crippen molar-refractivity contribution in [2.75, 3.05) is 0 Å². The molecule has 0 fully saturated rings. The second-order valence-corrected chi connectivity index (χ2v) is 5.09. The van der Waals surface area contributed by atoms with Crippen LogP contribution in [0.3, 0.4) is 0 Å². The van der Waals surface area contributed by atoms with Crippen LogP contribution in [0.1, 0.15) is 50.7 Å². The average Bonchev–Trinajstić information content (AvgIpc) is 2.81. The fraction of sp³-hybridized carbons (Fsp3) is 0.571. The molecule has 0 saturated heterocycles. The van der Waals surface area contributed by atoms with Gasteiger partial charge in [0.1, 0.15) is 5.52 Å². The van der Waals surface area contributed by atoms with Gasteiger partial charge >= 0.3 is 0 Å². The van der Waals surface area contributed by atoms with Crippen molar-refractivity contribution in [3.63, 3.8) is 0 Å². The Kier molecular flexibility index (Phi) is 4.59. The van der Waals surface area contributed by atoms with Crippen LogP contribution in [0.4, 0.5) is 0 Å². The van der Waals surface area contributed by atoms with Crippen molar-refractivity contribution in [2.24, 2.45) is 0 Å². The first kappa shape index (κ1) is 13.3. The molecular formula is C14H20ClN3. The molecule has 0 radical (unpaired) electrons. The molecule has 0 aliphatic heterocycles. The summed E-state index contributed by atoms with van der Waals surface area (Å²) < 4.78 is 0. The van der Waals surface area contributed by atoms with Crippen molar-refractivity contribution >= 4 is 22.6 Å². The van der Waals surface area contributed by atoms with E-state index in [0.717, 1.165) is 28.9 Å². The zero-order chi connectivity index (χ0) is 13.0. The van der Waals surface area contributed by atoms with Gasteiger partial charge in [-0.25, -0.2) is 0 Å². The molecule has 0 unspecified atom stereocenters. The molecule has 1 N–H and O–H groups in total. The van der Waals surface area contributed by atoms with Crippen molar-refractivity contribution < 1.29 is 0 Å². The number of H-pyrrole nitrogens is 1. The Balaban J connectivity index is 2.29. The quantitative estimate of drug-likeness (QED) is 0.792. The fourth-order valence-corrected chi connectivity index (χ4v) is 2.80. The van der Waals surface area contributed by atoms with Crippen LogP contribution in [-0.4, -0.2) is 15.4 Å². The highest BCUT2D eigenvalue weighted by atomic mass is 35.5. The van der Waals surface area contributed by atoms with E-state index < -0.39 is 0 Å². The summed E-state index contributed by atoms with van der Waals surface area (Å²) in [5, 5.41) is 11.8. The number of fused-ring (bicyclic) bond motifs is 1. The van der Waals surface area contributed by atoms with Crippen LogP contribution >= 0.6 is 11.6 Å². The van der Waals surface area contributed by atoms with Gasteiger partial charge in [-0.2, -0.15) is 0 Å². The highest BCUT2D eigenvalue weighted by molar-refractivity contribution is 6.32. The van der Waals surface area contributed by atoms with E-state index in [1.165, 1.54) is 36.8 Å². The first-order valence-electron chi connectivity index (χ1n) is 6.78. The van der Waals surface area contributed by atoms with Crippen LogP contribution in [0, 0.1) is 0 Å². The Hall–Kier alpha value is -1.09. The summed E-state index contributed by atoms with van der Waals surface area (Å²) >= 11 is 6.33. The number of benzene rings is 1. The summed E-state index contributed by atoms with van der Waals surface area (Å²) in [7, 11) is 0. The monoisotopic (exact) mass is 265 g/mol. The van der Waals surface area contributed by atoms with E-state index in [1.807, 2.05) is 6.07 Å². The highest BCUT2D eigenvalue weighted by Gasteiger charge is 2.13. The van der Waals surface area contributed by atoms with E-state index in [9.17, 15) is 0 Å². The largest absolute Gasteiger partial charge is 0.257 e. The van der Waals surface area contributed by atoms with E-state index in [4.69, 9.17) is 11.6 Å². The molecule has 98 valence electrons. The maximum atomic E-state index is 6.33.